The van der Waals surface area contributed by atoms with Gasteiger partial charge in [-0.25, -0.2) is 8.42 Å². The molecule has 19 heavy (non-hydrogen) atoms. The molecule has 0 aliphatic carbocycles. The van der Waals surface area contributed by atoms with Crippen molar-refractivity contribution in [2.24, 2.45) is 16.9 Å². The minimum atomic E-state index is -3.22. The number of carbonyl (C=O) groups excluding carboxylic acids is 1. The Labute approximate surface area is 116 Å². The molecule has 4 N–H and O–H groups in total. The first-order valence-electron chi connectivity index (χ1n) is 6.53. The molecule has 0 aromatic heterocycles. The van der Waals surface area contributed by atoms with Gasteiger partial charge in [-0.05, 0) is 18.5 Å². The van der Waals surface area contributed by atoms with Crippen LogP contribution in [-0.2, 0) is 14.6 Å². The Balaban J connectivity index is 4.31. The van der Waals surface area contributed by atoms with E-state index >= 15 is 0 Å². The number of sulfone groups is 1. The van der Waals surface area contributed by atoms with Crippen molar-refractivity contribution in [1.29, 1.82) is 0 Å². The lowest BCUT2D eigenvalue weighted by molar-refractivity contribution is -0.117. The predicted octanol–water partition coefficient (Wildman–Crippen LogP) is -0.417. The fourth-order valence-electron chi connectivity index (χ4n) is 1.65. The Morgan fingerprint density at radius 3 is 2.26 bits per heavy atom. The van der Waals surface area contributed by atoms with E-state index in [9.17, 15) is 13.2 Å². The summed E-state index contributed by atoms with van der Waals surface area (Å²) >= 11 is 0. The van der Waals surface area contributed by atoms with E-state index in [1.54, 1.807) is 0 Å². The molecule has 0 bridgehead atoms. The number of rotatable bonds is 10. The highest BCUT2D eigenvalue weighted by atomic mass is 32.2. The standard InChI is InChI=1S/C12H27N3O3S/c1-4-15(10-12(2,3)9-13)6-8-19(17,18)7-5-11(14)16/h4-10,13H2,1-3H3,(H2,14,16). The molecule has 6 nitrogen and oxygen atoms in total. The van der Waals surface area contributed by atoms with E-state index in [2.05, 4.69) is 18.7 Å². The number of carbonyl (C=O) groups is 1. The first-order valence-corrected chi connectivity index (χ1v) is 8.35. The lowest BCUT2D eigenvalue weighted by Gasteiger charge is -2.30. The van der Waals surface area contributed by atoms with E-state index in [1.807, 2.05) is 6.92 Å². The topological polar surface area (TPSA) is 106 Å². The van der Waals surface area contributed by atoms with E-state index in [1.165, 1.54) is 0 Å². The van der Waals surface area contributed by atoms with Crippen LogP contribution in [0.4, 0.5) is 0 Å². The smallest absolute Gasteiger partial charge is 0.218 e. The van der Waals surface area contributed by atoms with Crippen LogP contribution in [-0.4, -0.2) is 56.9 Å². The molecular formula is C12H27N3O3S. The third-order valence-corrected chi connectivity index (χ3v) is 4.66. The van der Waals surface area contributed by atoms with Crippen molar-refractivity contribution in [2.75, 3.05) is 37.7 Å². The van der Waals surface area contributed by atoms with Gasteiger partial charge in [0.2, 0.25) is 5.91 Å². The third kappa shape index (κ3) is 8.96. The minimum Gasteiger partial charge on any atom is -0.370 e. The summed E-state index contributed by atoms with van der Waals surface area (Å²) in [6.45, 7) is 8.64. The average molecular weight is 293 g/mol. The fourth-order valence-corrected chi connectivity index (χ4v) is 2.90. The van der Waals surface area contributed by atoms with Crippen LogP contribution in [0.5, 0.6) is 0 Å². The van der Waals surface area contributed by atoms with Gasteiger partial charge in [-0.3, -0.25) is 4.79 Å². The van der Waals surface area contributed by atoms with Gasteiger partial charge in [-0.2, -0.15) is 0 Å². The highest BCUT2D eigenvalue weighted by molar-refractivity contribution is 7.91. The zero-order valence-electron chi connectivity index (χ0n) is 12.2. The van der Waals surface area contributed by atoms with Crippen molar-refractivity contribution >= 4 is 15.7 Å². The summed E-state index contributed by atoms with van der Waals surface area (Å²) in [6.07, 6.45) is -0.108. The molecule has 0 atom stereocenters. The minimum absolute atomic E-state index is 0.0347. The SMILES string of the molecule is CCN(CCS(=O)(=O)CCC(N)=O)CC(C)(C)CN. The van der Waals surface area contributed by atoms with Gasteiger partial charge in [0.05, 0.1) is 11.5 Å². The molecule has 1 amide bonds. The van der Waals surface area contributed by atoms with Gasteiger partial charge in [0, 0.05) is 19.5 Å². The Bertz CT molecular complexity index is 380. The van der Waals surface area contributed by atoms with Crippen LogP contribution in [0.2, 0.25) is 0 Å². The summed E-state index contributed by atoms with van der Waals surface area (Å²) in [5, 5.41) is 0. The molecule has 0 unspecified atom stereocenters. The lowest BCUT2D eigenvalue weighted by atomic mass is 9.93. The molecule has 0 rings (SSSR count). The predicted molar refractivity (Wildman–Crippen MR) is 77.4 cm³/mol. The van der Waals surface area contributed by atoms with E-state index in [4.69, 9.17) is 11.5 Å². The molecule has 7 heteroatoms. The molecule has 0 radical (unpaired) electrons. The number of primary amides is 1. The summed E-state index contributed by atoms with van der Waals surface area (Å²) < 4.78 is 23.5. The quantitative estimate of drug-likeness (QED) is 0.569. The van der Waals surface area contributed by atoms with Gasteiger partial charge in [-0.1, -0.05) is 20.8 Å². The van der Waals surface area contributed by atoms with Crippen molar-refractivity contribution in [1.82, 2.24) is 4.90 Å². The van der Waals surface area contributed by atoms with Crippen molar-refractivity contribution in [3.63, 3.8) is 0 Å². The zero-order valence-corrected chi connectivity index (χ0v) is 13.0. The van der Waals surface area contributed by atoms with Crippen LogP contribution >= 0.6 is 0 Å². The second kappa shape index (κ2) is 7.81. The maximum absolute atomic E-state index is 11.7. The van der Waals surface area contributed by atoms with Gasteiger partial charge in [-0.15, -0.1) is 0 Å². The van der Waals surface area contributed by atoms with Gasteiger partial charge in [0.25, 0.3) is 0 Å². The van der Waals surface area contributed by atoms with Crippen molar-refractivity contribution < 1.29 is 13.2 Å². The number of nitrogens with zero attached hydrogens (tertiary/aromatic N) is 1. The Kier molecular flexibility index (Phi) is 7.54. The number of amides is 1. The molecule has 0 spiro atoms. The maximum Gasteiger partial charge on any atom is 0.218 e. The van der Waals surface area contributed by atoms with Gasteiger partial charge in [0.1, 0.15) is 0 Å². The lowest BCUT2D eigenvalue weighted by Crippen LogP contribution is -2.41. The van der Waals surface area contributed by atoms with Crippen molar-refractivity contribution in [3.05, 3.63) is 0 Å². The molecule has 0 fully saturated rings. The first-order chi connectivity index (χ1) is 8.62. The first kappa shape index (κ1) is 18.3. The average Bonchev–Trinajstić information content (AvgIpc) is 2.32. The molecule has 0 aromatic rings. The summed E-state index contributed by atoms with van der Waals surface area (Å²) in [4.78, 5) is 12.7. The van der Waals surface area contributed by atoms with Crippen LogP contribution in [0.25, 0.3) is 0 Å². The largest absolute Gasteiger partial charge is 0.370 e. The maximum atomic E-state index is 11.7. The van der Waals surface area contributed by atoms with Crippen LogP contribution < -0.4 is 11.5 Å². The van der Waals surface area contributed by atoms with Crippen LogP contribution in [0, 0.1) is 5.41 Å². The summed E-state index contributed by atoms with van der Waals surface area (Å²) in [7, 11) is -3.22. The highest BCUT2D eigenvalue weighted by Gasteiger charge is 2.21. The molecule has 114 valence electrons. The molecule has 0 saturated heterocycles. The molecule has 0 saturated carbocycles. The van der Waals surface area contributed by atoms with Gasteiger partial charge < -0.3 is 16.4 Å². The number of hydrogen-bond donors (Lipinski definition) is 2. The van der Waals surface area contributed by atoms with E-state index in [0.29, 0.717) is 13.1 Å². The zero-order chi connectivity index (χ0) is 15.1. The van der Waals surface area contributed by atoms with E-state index in [-0.39, 0.29) is 23.3 Å². The molecule has 0 aliphatic heterocycles. The highest BCUT2D eigenvalue weighted by Crippen LogP contribution is 2.14. The molecule has 0 aromatic carbocycles. The number of nitrogens with two attached hydrogens (primary N) is 2. The second-order valence-corrected chi connectivity index (χ2v) is 7.91. The normalized spacial score (nSPS) is 12.9. The Hall–Kier alpha value is -0.660. The van der Waals surface area contributed by atoms with Gasteiger partial charge in [0.15, 0.2) is 9.84 Å². The molecular weight excluding hydrogens is 266 g/mol. The monoisotopic (exact) mass is 293 g/mol. The third-order valence-electron chi connectivity index (χ3n) is 3.03. The fraction of sp³-hybridized carbons (Fsp3) is 0.917. The molecule has 0 heterocycles. The van der Waals surface area contributed by atoms with Crippen LogP contribution in [0.3, 0.4) is 0 Å². The van der Waals surface area contributed by atoms with Crippen molar-refractivity contribution in [3.8, 4) is 0 Å². The molecule has 0 aliphatic rings. The van der Waals surface area contributed by atoms with E-state index in [0.717, 1.165) is 13.1 Å². The van der Waals surface area contributed by atoms with Gasteiger partial charge >= 0.3 is 0 Å². The number of hydrogen-bond acceptors (Lipinski definition) is 5. The Morgan fingerprint density at radius 1 is 1.26 bits per heavy atom. The summed E-state index contributed by atoms with van der Waals surface area (Å²) in [6, 6.07) is 0. The summed E-state index contributed by atoms with van der Waals surface area (Å²) in [5.74, 6) is -0.699. The van der Waals surface area contributed by atoms with Crippen LogP contribution in [0.15, 0.2) is 0 Å². The van der Waals surface area contributed by atoms with E-state index < -0.39 is 15.7 Å². The second-order valence-electron chi connectivity index (χ2n) is 5.61. The van der Waals surface area contributed by atoms with Crippen molar-refractivity contribution in [2.45, 2.75) is 27.2 Å². The van der Waals surface area contributed by atoms with Crippen LogP contribution in [0.1, 0.15) is 27.2 Å². The summed E-state index contributed by atoms with van der Waals surface area (Å²) in [5.41, 5.74) is 10.6. The Morgan fingerprint density at radius 2 is 1.84 bits per heavy atom.